The minimum atomic E-state index is -0.357. The lowest BCUT2D eigenvalue weighted by Crippen LogP contribution is -2.26. The summed E-state index contributed by atoms with van der Waals surface area (Å²) in [5.41, 5.74) is 12.7. The summed E-state index contributed by atoms with van der Waals surface area (Å²) in [7, 11) is 0. The third-order valence-electron chi connectivity index (χ3n) is 4.03. The Balaban J connectivity index is 0.00000182. The van der Waals surface area contributed by atoms with Gasteiger partial charge in [0.2, 0.25) is 0 Å². The topological polar surface area (TPSA) is 109 Å². The van der Waals surface area contributed by atoms with Crippen LogP contribution in [0.4, 0.5) is 0 Å². The normalized spacial score (nSPS) is 22.6. The van der Waals surface area contributed by atoms with E-state index in [1.807, 2.05) is 6.08 Å². The maximum Gasteiger partial charge on any atom is 0.151 e. The van der Waals surface area contributed by atoms with E-state index in [0.717, 1.165) is 38.1 Å². The summed E-state index contributed by atoms with van der Waals surface area (Å²) >= 11 is 9.72. The summed E-state index contributed by atoms with van der Waals surface area (Å²) in [6, 6.07) is 0. The van der Waals surface area contributed by atoms with Crippen molar-refractivity contribution in [1.29, 1.82) is 10.8 Å². The van der Waals surface area contributed by atoms with Crippen molar-refractivity contribution in [1.82, 2.24) is 0 Å². The molecular weight excluding hydrogens is 648 g/mol. The molecule has 0 saturated heterocycles. The number of thioether (sulfide) groups is 2. The molecule has 5 nitrogen and oxygen atoms in total. The molecule has 1 aliphatic heterocycles. The molecule has 148 valence electrons. The van der Waals surface area contributed by atoms with Crippen molar-refractivity contribution in [2.24, 2.45) is 16.9 Å². The Bertz CT molecular complexity index is 819. The van der Waals surface area contributed by atoms with E-state index in [4.69, 9.17) is 27.0 Å². The number of nitrogens with one attached hydrogen (secondary N) is 2. The smallest absolute Gasteiger partial charge is 0.151 e. The molecule has 1 spiro atoms. The molecular formula is C16H18Br4N4OS2. The Hall–Kier alpha value is 0.0600. The first-order valence-electron chi connectivity index (χ1n) is 7.33. The number of ether oxygens (including phenoxy) is 1. The van der Waals surface area contributed by atoms with Gasteiger partial charge in [-0.2, -0.15) is 0 Å². The maximum atomic E-state index is 7.48. The van der Waals surface area contributed by atoms with Crippen molar-refractivity contribution in [2.45, 2.75) is 6.42 Å². The largest absolute Gasteiger partial charge is 0.463 e. The number of allylic oxidation sites excluding steroid dienone is 6. The lowest BCUT2D eigenvalue weighted by atomic mass is 9.71. The second-order valence-electron chi connectivity index (χ2n) is 5.70. The highest BCUT2D eigenvalue weighted by Crippen LogP contribution is 2.57. The quantitative estimate of drug-likeness (QED) is 0.236. The number of amidine groups is 2. The number of hydrogen-bond donors (Lipinski definition) is 4. The van der Waals surface area contributed by atoms with Gasteiger partial charge in [0, 0.05) is 21.4 Å². The molecule has 0 aromatic rings. The maximum absolute atomic E-state index is 7.48. The lowest BCUT2D eigenvalue weighted by Gasteiger charge is -2.33. The molecule has 2 aliphatic carbocycles. The summed E-state index contributed by atoms with van der Waals surface area (Å²) < 4.78 is 8.33. The Labute approximate surface area is 204 Å². The van der Waals surface area contributed by atoms with Gasteiger partial charge in [0.1, 0.15) is 11.5 Å². The van der Waals surface area contributed by atoms with Gasteiger partial charge in [-0.1, -0.05) is 67.5 Å². The molecule has 27 heavy (non-hydrogen) atoms. The second kappa shape index (κ2) is 10.2. The molecule has 0 bridgehead atoms. The molecule has 1 unspecified atom stereocenters. The monoisotopic (exact) mass is 662 g/mol. The van der Waals surface area contributed by atoms with E-state index >= 15 is 0 Å². The molecule has 11 heteroatoms. The van der Waals surface area contributed by atoms with Crippen LogP contribution in [0.2, 0.25) is 0 Å². The average molecular weight is 666 g/mol. The fraction of sp³-hybridized carbons (Fsp3) is 0.250. The zero-order valence-electron chi connectivity index (χ0n) is 13.9. The molecule has 0 aromatic carbocycles. The third kappa shape index (κ3) is 5.36. The number of hydrogen-bond acceptors (Lipinski definition) is 5. The molecule has 3 rings (SSSR count). The van der Waals surface area contributed by atoms with Crippen LogP contribution in [-0.4, -0.2) is 21.8 Å². The molecule has 0 aromatic heterocycles. The lowest BCUT2D eigenvalue weighted by molar-refractivity contribution is 0.279. The van der Waals surface area contributed by atoms with Crippen LogP contribution >= 0.6 is 89.3 Å². The van der Waals surface area contributed by atoms with E-state index in [0.29, 0.717) is 11.5 Å². The van der Waals surface area contributed by atoms with Crippen LogP contribution in [0.25, 0.3) is 0 Å². The van der Waals surface area contributed by atoms with Crippen molar-refractivity contribution in [3.05, 3.63) is 55.9 Å². The van der Waals surface area contributed by atoms with E-state index in [1.165, 1.54) is 23.5 Å². The van der Waals surface area contributed by atoms with Gasteiger partial charge < -0.3 is 16.2 Å². The molecule has 1 heterocycles. The molecule has 0 saturated carbocycles. The van der Waals surface area contributed by atoms with Crippen LogP contribution in [0.1, 0.15) is 6.42 Å². The number of nitrogens with two attached hydrogens (primary N) is 2. The van der Waals surface area contributed by atoms with Crippen LogP contribution < -0.4 is 11.5 Å². The van der Waals surface area contributed by atoms with Crippen LogP contribution in [0.15, 0.2) is 55.9 Å². The minimum Gasteiger partial charge on any atom is -0.463 e. The van der Waals surface area contributed by atoms with E-state index in [1.54, 1.807) is 0 Å². The molecule has 1 atom stereocenters. The zero-order valence-corrected chi connectivity index (χ0v) is 22.1. The predicted molar refractivity (Wildman–Crippen MR) is 135 cm³/mol. The Morgan fingerprint density at radius 3 is 2.37 bits per heavy atom. The highest BCUT2D eigenvalue weighted by Gasteiger charge is 2.48. The number of halogens is 4. The fourth-order valence-corrected chi connectivity index (χ4v) is 5.20. The zero-order chi connectivity index (χ0) is 18.2. The molecule has 0 amide bonds. The van der Waals surface area contributed by atoms with Gasteiger partial charge in [-0.3, -0.25) is 10.8 Å². The highest BCUT2D eigenvalue weighted by molar-refractivity contribution is 9.12. The fourth-order valence-electron chi connectivity index (χ4n) is 3.09. The van der Waals surface area contributed by atoms with Crippen LogP contribution in [-0.2, 0) is 4.74 Å². The first-order valence-corrected chi connectivity index (χ1v) is 10.9. The van der Waals surface area contributed by atoms with Gasteiger partial charge in [0.15, 0.2) is 10.3 Å². The first-order chi connectivity index (χ1) is 11.8. The third-order valence-corrected chi connectivity index (χ3v) is 6.52. The van der Waals surface area contributed by atoms with E-state index in [2.05, 4.69) is 50.1 Å². The van der Waals surface area contributed by atoms with Crippen molar-refractivity contribution >= 4 is 99.7 Å². The summed E-state index contributed by atoms with van der Waals surface area (Å²) in [5, 5.41) is 15.1. The molecule has 0 fully saturated rings. The Kier molecular flexibility index (Phi) is 9.48. The standard InChI is InChI=1S/C16H16Br2N4OS2.2BrH/c17-9-1-2-16-5-10(18)3-8(6-24-14(19)20)13(16)23-12(11(16)4-9)7-25-15(21)22;;/h1-4H,5-7H2,(H3,19,20)(H3,21,22);2*1H. The van der Waals surface area contributed by atoms with E-state index in [-0.39, 0.29) is 49.7 Å². The van der Waals surface area contributed by atoms with E-state index < -0.39 is 0 Å². The van der Waals surface area contributed by atoms with Crippen molar-refractivity contribution in [3.63, 3.8) is 0 Å². The number of rotatable bonds is 4. The van der Waals surface area contributed by atoms with Crippen molar-refractivity contribution < 1.29 is 4.74 Å². The highest BCUT2D eigenvalue weighted by atomic mass is 79.9. The van der Waals surface area contributed by atoms with Crippen LogP contribution in [0.3, 0.4) is 0 Å². The van der Waals surface area contributed by atoms with Gasteiger partial charge in [0.05, 0.1) is 11.2 Å². The second-order valence-corrected chi connectivity index (χ2v) is 9.67. The first kappa shape index (κ1) is 25.1. The molecule has 6 N–H and O–H groups in total. The van der Waals surface area contributed by atoms with Crippen LogP contribution in [0, 0.1) is 16.2 Å². The summed E-state index contributed by atoms with van der Waals surface area (Å²) in [5.74, 6) is 2.77. The van der Waals surface area contributed by atoms with Gasteiger partial charge in [0.25, 0.3) is 0 Å². The summed E-state index contributed by atoms with van der Waals surface area (Å²) in [6.07, 6.45) is 9.09. The SMILES string of the molecule is Br.Br.N=C(N)SCC1=C2OC(CSC(=N)N)=C3C=C(Br)C=CC32CC(Br)=C1. The minimum absolute atomic E-state index is 0. The van der Waals surface area contributed by atoms with Gasteiger partial charge >= 0.3 is 0 Å². The van der Waals surface area contributed by atoms with Crippen molar-refractivity contribution in [2.75, 3.05) is 11.5 Å². The van der Waals surface area contributed by atoms with Gasteiger partial charge in [-0.05, 0) is 23.1 Å². The molecule has 0 radical (unpaired) electrons. The van der Waals surface area contributed by atoms with Gasteiger partial charge in [-0.25, -0.2) is 0 Å². The van der Waals surface area contributed by atoms with Gasteiger partial charge in [-0.15, -0.1) is 34.0 Å². The average Bonchev–Trinajstić information content (AvgIpc) is 2.84. The summed E-state index contributed by atoms with van der Waals surface area (Å²) in [6.45, 7) is 0. The van der Waals surface area contributed by atoms with Crippen LogP contribution in [0.5, 0.6) is 0 Å². The predicted octanol–water partition coefficient (Wildman–Crippen LogP) is 5.45. The Morgan fingerprint density at radius 2 is 1.74 bits per heavy atom. The molecule has 3 aliphatic rings. The van der Waals surface area contributed by atoms with E-state index in [9.17, 15) is 0 Å². The summed E-state index contributed by atoms with van der Waals surface area (Å²) in [4.78, 5) is 0. The Morgan fingerprint density at radius 1 is 1.11 bits per heavy atom. The van der Waals surface area contributed by atoms with Crippen molar-refractivity contribution in [3.8, 4) is 0 Å².